The molecule has 0 fully saturated rings. The van der Waals surface area contributed by atoms with Gasteiger partial charge in [0.25, 0.3) is 0 Å². The van der Waals surface area contributed by atoms with Crippen molar-refractivity contribution in [2.45, 2.75) is 0 Å². The summed E-state index contributed by atoms with van der Waals surface area (Å²) in [6, 6.07) is 0. The number of carboxylic acid groups (broad SMARTS) is 2. The first-order valence-corrected chi connectivity index (χ1v) is 1.07. The minimum absolute atomic E-state index is 0. The van der Waals surface area contributed by atoms with Crippen molar-refractivity contribution in [2.24, 2.45) is 0 Å². The zero-order valence-corrected chi connectivity index (χ0v) is 7.37. The van der Waals surface area contributed by atoms with E-state index in [1.807, 2.05) is 0 Å². The largest absolute Gasteiger partial charge is 3.00 e. The van der Waals surface area contributed by atoms with E-state index in [0.29, 0.717) is 0 Å². The summed E-state index contributed by atoms with van der Waals surface area (Å²) in [6.45, 7) is 0. The molecule has 0 amide bonds. The average Bonchev–Trinajstić information content (AvgIpc) is 1.36. The molecular weight excluding hydrogens is 138 g/mol. The van der Waals surface area contributed by atoms with Crippen LogP contribution in [0.4, 0.5) is 0 Å². The molecule has 0 aromatic heterocycles. The maximum Gasteiger partial charge on any atom is 3.00 e. The van der Waals surface area contributed by atoms with Gasteiger partial charge in [0.1, 0.15) is 0 Å². The Morgan fingerprint density at radius 2 is 1.12 bits per heavy atom. The summed E-state index contributed by atoms with van der Waals surface area (Å²) in [7, 11) is 0. The van der Waals surface area contributed by atoms with Gasteiger partial charge in [-0.05, 0) is 0 Å². The Kier molecular flexibility index (Phi) is 14.8. The van der Waals surface area contributed by atoms with Crippen LogP contribution in [0.2, 0.25) is 0 Å². The molecule has 0 aromatic carbocycles. The topological polar surface area (TPSA) is 80.3 Å². The van der Waals surface area contributed by atoms with Crippen molar-refractivity contribution in [1.82, 2.24) is 0 Å². The number of carbonyl (C=O) groups is 2. The molecule has 0 saturated carbocycles. The molecule has 0 saturated heterocycles. The summed E-state index contributed by atoms with van der Waals surface area (Å²) >= 11 is 0. The van der Waals surface area contributed by atoms with Gasteiger partial charge in [0.05, 0.1) is 11.9 Å². The Hall–Kier alpha value is 0.472. The maximum absolute atomic E-state index is 8.93. The molecule has 0 aliphatic carbocycles. The normalized spacial score (nSPS) is 5.50. The molecule has 0 unspecified atom stereocenters. The van der Waals surface area contributed by atoms with Gasteiger partial charge in [0.15, 0.2) is 0 Å². The Balaban J connectivity index is -0.000000125. The molecule has 0 heterocycles. The van der Waals surface area contributed by atoms with Gasteiger partial charge in [0.2, 0.25) is 0 Å². The first-order chi connectivity index (χ1) is 2.64. The van der Waals surface area contributed by atoms with E-state index in [1.165, 1.54) is 0 Å². The van der Waals surface area contributed by atoms with Crippen LogP contribution in [0.15, 0.2) is 0 Å². The third-order valence-corrected chi connectivity index (χ3v) is 0.167. The van der Waals surface area contributed by atoms with Crippen LogP contribution in [0.3, 0.4) is 0 Å². The van der Waals surface area contributed by atoms with Gasteiger partial charge < -0.3 is 19.8 Å². The molecule has 8 heavy (non-hydrogen) atoms. The molecule has 0 radical (unpaired) electrons. The summed E-state index contributed by atoms with van der Waals surface area (Å²) in [5.41, 5.74) is 0. The van der Waals surface area contributed by atoms with E-state index in [-0.39, 0.29) is 46.9 Å². The number of carboxylic acids is 2. The van der Waals surface area contributed by atoms with Crippen molar-refractivity contribution in [2.75, 3.05) is 0 Å². The first-order valence-electron chi connectivity index (χ1n) is 1.07. The van der Waals surface area contributed by atoms with E-state index in [9.17, 15) is 0 Å². The molecule has 0 atom stereocenters. The van der Waals surface area contributed by atoms with E-state index in [2.05, 4.69) is 0 Å². The van der Waals surface area contributed by atoms with Gasteiger partial charge in [-0.3, -0.25) is 0 Å². The van der Waals surface area contributed by atoms with Crippen LogP contribution in [-0.4, -0.2) is 29.3 Å². The van der Waals surface area contributed by atoms with Crippen molar-refractivity contribution in [3.05, 3.63) is 0 Å². The van der Waals surface area contributed by atoms with Gasteiger partial charge >= 0.3 is 46.9 Å². The minimum Gasteiger partial charge on any atom is -0.543 e. The minimum atomic E-state index is -2.19. The van der Waals surface area contributed by atoms with Gasteiger partial charge in [-0.2, -0.15) is 0 Å². The SMILES string of the molecule is O=C([O-])C(=O)[O-].[Al+3].[Na+]. The standard InChI is InChI=1S/C2H2O4.Al.Na/c3-1(4)2(5)6;;/h(H,3,4)(H,5,6);;/q;+3;+1/p-2. The summed E-state index contributed by atoms with van der Waals surface area (Å²) in [6.07, 6.45) is 0. The van der Waals surface area contributed by atoms with Gasteiger partial charge in [-0.25, -0.2) is 0 Å². The van der Waals surface area contributed by atoms with E-state index < -0.39 is 11.9 Å². The Labute approximate surface area is 78.3 Å². The number of hydrogen-bond donors (Lipinski definition) is 0. The van der Waals surface area contributed by atoms with E-state index >= 15 is 0 Å². The number of rotatable bonds is 0. The molecule has 4 nitrogen and oxygen atoms in total. The molecule has 0 N–H and O–H groups in total. The predicted octanol–water partition coefficient (Wildman–Crippen LogP) is -6.89. The molecule has 34 valence electrons. The van der Waals surface area contributed by atoms with Gasteiger partial charge in [-0.1, -0.05) is 0 Å². The number of aliphatic carboxylic acids is 2. The number of carbonyl (C=O) groups excluding carboxylic acids is 2. The molecule has 0 rings (SSSR count). The maximum atomic E-state index is 8.93. The smallest absolute Gasteiger partial charge is 0.543 e. The zero-order chi connectivity index (χ0) is 5.15. The second-order valence-electron chi connectivity index (χ2n) is 0.575. The average molecular weight is 138 g/mol. The van der Waals surface area contributed by atoms with Crippen molar-refractivity contribution in [1.29, 1.82) is 0 Å². The van der Waals surface area contributed by atoms with Crippen LogP contribution in [0.1, 0.15) is 0 Å². The van der Waals surface area contributed by atoms with Crippen LogP contribution in [0, 0.1) is 0 Å². The van der Waals surface area contributed by atoms with Gasteiger partial charge in [-0.15, -0.1) is 0 Å². The quantitative estimate of drug-likeness (QED) is 0.246. The second kappa shape index (κ2) is 7.47. The third-order valence-electron chi connectivity index (χ3n) is 0.167. The fourth-order valence-corrected chi connectivity index (χ4v) is 0. The summed E-state index contributed by atoms with van der Waals surface area (Å²) in [5.74, 6) is -4.37. The molecule has 0 spiro atoms. The van der Waals surface area contributed by atoms with Crippen LogP contribution in [0.25, 0.3) is 0 Å². The monoisotopic (exact) mass is 138 g/mol. The molecule has 0 bridgehead atoms. The van der Waals surface area contributed by atoms with E-state index in [4.69, 9.17) is 19.8 Å². The van der Waals surface area contributed by atoms with Crippen molar-refractivity contribution in [3.8, 4) is 0 Å². The molecule has 0 aliphatic heterocycles. The predicted molar refractivity (Wildman–Crippen MR) is 15.8 cm³/mol. The molecule has 6 heteroatoms. The fourth-order valence-electron chi connectivity index (χ4n) is 0. The summed E-state index contributed by atoms with van der Waals surface area (Å²) in [5, 5.41) is 17.9. The van der Waals surface area contributed by atoms with Crippen LogP contribution >= 0.6 is 0 Å². The molecule has 0 aromatic rings. The Bertz CT molecular complexity index is 80.0. The summed E-state index contributed by atoms with van der Waals surface area (Å²) in [4.78, 5) is 17.9. The number of hydrogen-bond acceptors (Lipinski definition) is 4. The fraction of sp³-hybridized carbons (Fsp3) is 0. The molecule has 0 aliphatic rings. The Morgan fingerprint density at radius 1 is 1.00 bits per heavy atom. The first kappa shape index (κ1) is 15.8. The van der Waals surface area contributed by atoms with Gasteiger partial charge in [0, 0.05) is 0 Å². The van der Waals surface area contributed by atoms with E-state index in [1.54, 1.807) is 0 Å². The van der Waals surface area contributed by atoms with Crippen molar-refractivity contribution < 1.29 is 49.4 Å². The Morgan fingerprint density at radius 3 is 1.12 bits per heavy atom. The van der Waals surface area contributed by atoms with Crippen molar-refractivity contribution in [3.63, 3.8) is 0 Å². The third kappa shape index (κ3) is 9.69. The van der Waals surface area contributed by atoms with E-state index in [0.717, 1.165) is 0 Å². The zero-order valence-electron chi connectivity index (χ0n) is 4.21. The summed E-state index contributed by atoms with van der Waals surface area (Å²) < 4.78 is 0. The second-order valence-corrected chi connectivity index (χ2v) is 0.575. The van der Waals surface area contributed by atoms with Crippen LogP contribution in [0.5, 0.6) is 0 Å². The van der Waals surface area contributed by atoms with Crippen molar-refractivity contribution >= 4 is 29.3 Å². The van der Waals surface area contributed by atoms with Crippen LogP contribution < -0.4 is 39.8 Å². The molecular formula is C2AlNaO4+2. The van der Waals surface area contributed by atoms with Crippen LogP contribution in [-0.2, 0) is 9.59 Å².